The van der Waals surface area contributed by atoms with Gasteiger partial charge in [0.15, 0.2) is 0 Å². The van der Waals surface area contributed by atoms with Gasteiger partial charge in [-0.05, 0) is 95.8 Å². The molecule has 1 radical (unpaired) electrons. The zero-order valence-electron chi connectivity index (χ0n) is 24.3. The van der Waals surface area contributed by atoms with E-state index in [0.717, 1.165) is 29.3 Å². The Balaban J connectivity index is 1.33. The van der Waals surface area contributed by atoms with Crippen molar-refractivity contribution < 1.29 is 45.3 Å². The van der Waals surface area contributed by atoms with Crippen molar-refractivity contribution in [1.29, 1.82) is 0 Å². The molecule has 0 unspecified atom stereocenters. The van der Waals surface area contributed by atoms with Crippen LogP contribution in [0.5, 0.6) is 11.5 Å². The Kier molecular flexibility index (Phi) is 10.5. The minimum Gasteiger partial charge on any atom is -0.493 e. The van der Waals surface area contributed by atoms with Gasteiger partial charge in [-0.25, -0.2) is 9.18 Å². The largest absolute Gasteiger partial charge is 0.493 e. The number of anilines is 2. The second kappa shape index (κ2) is 14.3. The molecule has 0 heterocycles. The molecule has 0 aliphatic heterocycles. The molecule has 0 bridgehead atoms. The fourth-order valence-corrected chi connectivity index (χ4v) is 4.37. The molecule has 4 aromatic carbocycles. The van der Waals surface area contributed by atoms with Gasteiger partial charge in [-0.3, -0.25) is 0 Å². The van der Waals surface area contributed by atoms with Crippen molar-refractivity contribution in [3.05, 3.63) is 120 Å². The van der Waals surface area contributed by atoms with E-state index in [-0.39, 0.29) is 31.1 Å². The third kappa shape index (κ3) is 9.43. The highest BCUT2D eigenvalue weighted by molar-refractivity contribution is 5.87. The topological polar surface area (TPSA) is 96.8 Å². The number of esters is 1. The summed E-state index contributed by atoms with van der Waals surface area (Å²) in [5.74, 6) is -2.52. The van der Waals surface area contributed by atoms with E-state index in [1.54, 1.807) is 30.3 Å². The first-order valence-corrected chi connectivity index (χ1v) is 13.8. The van der Waals surface area contributed by atoms with E-state index >= 15 is 0 Å². The van der Waals surface area contributed by atoms with E-state index < -0.39 is 36.1 Å². The molecule has 46 heavy (non-hydrogen) atoms. The number of carbonyl (C=O) groups excluding carboxylic acids is 1. The van der Waals surface area contributed by atoms with Gasteiger partial charge in [0.2, 0.25) is 0 Å². The first-order valence-electron chi connectivity index (χ1n) is 13.8. The Bertz CT molecular complexity index is 1710. The van der Waals surface area contributed by atoms with Crippen LogP contribution in [-0.4, -0.2) is 18.8 Å². The van der Waals surface area contributed by atoms with Gasteiger partial charge in [0.1, 0.15) is 29.5 Å². The van der Waals surface area contributed by atoms with Crippen molar-refractivity contribution in [3.63, 3.8) is 0 Å². The van der Waals surface area contributed by atoms with Crippen LogP contribution in [0.3, 0.4) is 0 Å². The van der Waals surface area contributed by atoms with Gasteiger partial charge >= 0.3 is 18.3 Å². The van der Waals surface area contributed by atoms with Gasteiger partial charge in [-0.15, -0.1) is 0 Å². The van der Waals surface area contributed by atoms with Crippen LogP contribution in [0.25, 0.3) is 17.2 Å². The molecule has 241 valence electrons. The van der Waals surface area contributed by atoms with Gasteiger partial charge in [-0.2, -0.15) is 22.0 Å². The van der Waals surface area contributed by atoms with Crippen LogP contribution >= 0.6 is 0 Å². The molecule has 0 aromatic heterocycles. The summed E-state index contributed by atoms with van der Waals surface area (Å²) in [7, 11) is 0. The highest BCUT2D eigenvalue weighted by Crippen LogP contribution is 2.35. The van der Waals surface area contributed by atoms with Crippen LogP contribution in [0.1, 0.15) is 35.1 Å². The number of nitrogen functional groups attached to an aromatic ring is 2. The van der Waals surface area contributed by atoms with E-state index in [2.05, 4.69) is 6.92 Å². The third-order valence-electron chi connectivity index (χ3n) is 6.58. The maximum absolute atomic E-state index is 14.7. The molecular weight excluding hydrogens is 614 g/mol. The summed E-state index contributed by atoms with van der Waals surface area (Å²) in [5, 5.41) is 0. The normalized spacial score (nSPS) is 11.9. The Morgan fingerprint density at radius 2 is 1.48 bits per heavy atom. The van der Waals surface area contributed by atoms with E-state index in [4.69, 9.17) is 25.7 Å². The average molecular weight is 644 g/mol. The van der Waals surface area contributed by atoms with Crippen molar-refractivity contribution in [2.75, 3.05) is 18.1 Å². The Morgan fingerprint density at radius 3 is 2.13 bits per heavy atom. The first kappa shape index (κ1) is 33.8. The van der Waals surface area contributed by atoms with Crippen LogP contribution in [0, 0.1) is 12.7 Å². The molecule has 0 atom stereocenters. The van der Waals surface area contributed by atoms with Crippen LogP contribution < -0.4 is 20.9 Å². The first-order chi connectivity index (χ1) is 21.7. The van der Waals surface area contributed by atoms with E-state index in [9.17, 15) is 31.1 Å². The number of ether oxygens (including phenoxy) is 3. The molecular formula is C34H29F6N2O4. The van der Waals surface area contributed by atoms with Gasteiger partial charge in [0.05, 0.1) is 6.61 Å². The average Bonchev–Trinajstić information content (AvgIpc) is 2.97. The number of halogens is 6. The van der Waals surface area contributed by atoms with Crippen molar-refractivity contribution in [2.24, 2.45) is 0 Å². The molecule has 0 amide bonds. The van der Waals surface area contributed by atoms with E-state index in [1.165, 1.54) is 30.3 Å². The lowest BCUT2D eigenvalue weighted by molar-refractivity contribution is -0.187. The van der Waals surface area contributed by atoms with Crippen LogP contribution in [0.4, 0.5) is 37.7 Å². The van der Waals surface area contributed by atoms with Crippen molar-refractivity contribution in [2.45, 2.75) is 31.7 Å². The lowest BCUT2D eigenvalue weighted by Gasteiger charge is -2.19. The number of hydrogen-bond donors (Lipinski definition) is 2. The maximum Gasteiger partial charge on any atom is 0.429 e. The Hall–Kier alpha value is -5.13. The number of nitrogens with two attached hydrogens (primary N) is 2. The molecule has 4 aromatic rings. The minimum absolute atomic E-state index is 0.0864. The van der Waals surface area contributed by atoms with Gasteiger partial charge < -0.3 is 25.7 Å². The molecule has 0 saturated heterocycles. The predicted molar refractivity (Wildman–Crippen MR) is 162 cm³/mol. The van der Waals surface area contributed by atoms with Crippen LogP contribution in [0.2, 0.25) is 0 Å². The molecule has 0 fully saturated rings. The Labute approximate surface area is 261 Å². The fraction of sp³-hybridized carbons (Fsp3) is 0.176. The molecule has 0 saturated carbocycles. The van der Waals surface area contributed by atoms with Gasteiger partial charge in [0, 0.05) is 29.9 Å². The second-order valence-electron chi connectivity index (χ2n) is 10.2. The smallest absolute Gasteiger partial charge is 0.429 e. The molecule has 0 aliphatic rings. The highest BCUT2D eigenvalue weighted by atomic mass is 19.4. The van der Waals surface area contributed by atoms with E-state index in [1.807, 2.05) is 6.07 Å². The summed E-state index contributed by atoms with van der Waals surface area (Å²) in [6, 6.07) is 18.1. The zero-order valence-corrected chi connectivity index (χ0v) is 24.3. The molecule has 4 N–H and O–H groups in total. The van der Waals surface area contributed by atoms with E-state index in [0.29, 0.717) is 34.1 Å². The number of hydrogen-bond acceptors (Lipinski definition) is 6. The molecule has 4 rings (SSSR count). The highest BCUT2D eigenvalue weighted by Gasteiger charge is 2.38. The maximum atomic E-state index is 14.7. The molecule has 0 spiro atoms. The Morgan fingerprint density at radius 1 is 0.826 bits per heavy atom. The number of carbonyl (C=O) groups is 1. The van der Waals surface area contributed by atoms with Crippen molar-refractivity contribution in [3.8, 4) is 22.6 Å². The van der Waals surface area contributed by atoms with Crippen molar-refractivity contribution in [1.82, 2.24) is 0 Å². The predicted octanol–water partition coefficient (Wildman–Crippen LogP) is 8.45. The summed E-state index contributed by atoms with van der Waals surface area (Å²) >= 11 is 0. The summed E-state index contributed by atoms with van der Waals surface area (Å²) in [4.78, 5) is 12.4. The summed E-state index contributed by atoms with van der Waals surface area (Å²) < 4.78 is 95.7. The SMILES string of the molecule is [CH2]c1cc(N)ccc1-c1ccc(N)cc1COC(=O)/C=C/c1ccc(OC(F)(F)c2ccc(OCCCC(F)(F)F)cc2F)cc1. The molecule has 12 heteroatoms. The van der Waals surface area contributed by atoms with Crippen LogP contribution in [0.15, 0.2) is 84.9 Å². The lowest BCUT2D eigenvalue weighted by Crippen LogP contribution is -2.23. The summed E-state index contributed by atoms with van der Waals surface area (Å²) in [6.07, 6.45) is -7.33. The third-order valence-corrected chi connectivity index (χ3v) is 6.58. The van der Waals surface area contributed by atoms with Gasteiger partial charge in [-0.1, -0.05) is 24.3 Å². The number of benzene rings is 4. The molecule has 6 nitrogen and oxygen atoms in total. The van der Waals surface area contributed by atoms with Crippen molar-refractivity contribution >= 4 is 23.4 Å². The minimum atomic E-state index is -4.36. The quantitative estimate of drug-likeness (QED) is 0.0529. The van der Waals surface area contributed by atoms with Crippen LogP contribution in [-0.2, 0) is 22.2 Å². The lowest BCUT2D eigenvalue weighted by atomic mass is 9.95. The zero-order chi connectivity index (χ0) is 33.5. The monoisotopic (exact) mass is 643 g/mol. The number of rotatable bonds is 12. The fourth-order valence-electron chi connectivity index (χ4n) is 4.37. The number of alkyl halides is 5. The summed E-state index contributed by atoms with van der Waals surface area (Å²) in [5.41, 5.74) is 15.1. The molecule has 0 aliphatic carbocycles. The summed E-state index contributed by atoms with van der Waals surface area (Å²) in [6.45, 7) is 3.56. The second-order valence-corrected chi connectivity index (χ2v) is 10.2. The van der Waals surface area contributed by atoms with Gasteiger partial charge in [0.25, 0.3) is 0 Å². The standard InChI is InChI=1S/C34H29F6N2O4/c1-21-17-24(41)6-11-28(21)29-12-7-25(42)18-23(29)20-45-32(43)14-5-22-3-8-26(9-4-22)46-34(39,40)30-13-10-27(19-31(30)35)44-16-2-15-33(36,37)38/h3-14,17-19H,1-2,15-16,20,41-42H2/b14-5+.